The van der Waals surface area contributed by atoms with Crippen molar-refractivity contribution < 1.29 is 14.3 Å². The SMILES string of the molecule is COc1ccc(CNC2CCCN(C(=O)C(C)C)C2)c2c(OC)cccc12. The van der Waals surface area contributed by atoms with Gasteiger partial charge in [0.2, 0.25) is 5.91 Å². The van der Waals surface area contributed by atoms with Crippen LogP contribution in [0.5, 0.6) is 11.5 Å². The second-order valence-electron chi connectivity index (χ2n) is 7.47. The molecule has 0 aliphatic carbocycles. The molecule has 0 bridgehead atoms. The zero-order valence-corrected chi connectivity index (χ0v) is 16.7. The Morgan fingerprint density at radius 3 is 2.67 bits per heavy atom. The summed E-state index contributed by atoms with van der Waals surface area (Å²) in [7, 11) is 3.39. The van der Waals surface area contributed by atoms with Gasteiger partial charge in [0.1, 0.15) is 11.5 Å². The molecule has 1 saturated heterocycles. The summed E-state index contributed by atoms with van der Waals surface area (Å²) in [5.74, 6) is 2.00. The quantitative estimate of drug-likeness (QED) is 0.844. The molecule has 146 valence electrons. The third-order valence-corrected chi connectivity index (χ3v) is 5.30. The zero-order valence-electron chi connectivity index (χ0n) is 16.7. The summed E-state index contributed by atoms with van der Waals surface area (Å²) >= 11 is 0. The maximum Gasteiger partial charge on any atom is 0.225 e. The van der Waals surface area contributed by atoms with Crippen molar-refractivity contribution >= 4 is 16.7 Å². The average molecular weight is 370 g/mol. The van der Waals surface area contributed by atoms with Gasteiger partial charge in [-0.2, -0.15) is 0 Å². The van der Waals surface area contributed by atoms with Gasteiger partial charge in [-0.15, -0.1) is 0 Å². The monoisotopic (exact) mass is 370 g/mol. The van der Waals surface area contributed by atoms with E-state index < -0.39 is 0 Å². The van der Waals surface area contributed by atoms with Gasteiger partial charge in [-0.05, 0) is 30.5 Å². The van der Waals surface area contributed by atoms with E-state index >= 15 is 0 Å². The van der Waals surface area contributed by atoms with E-state index in [4.69, 9.17) is 9.47 Å². The topological polar surface area (TPSA) is 50.8 Å². The standard InChI is InChI=1S/C22H30N2O3/c1-15(2)22(25)24-12-6-7-17(14-24)23-13-16-10-11-19(26-3)18-8-5-9-20(27-4)21(16)18/h5,8-11,15,17,23H,6-7,12-14H2,1-4H3. The smallest absolute Gasteiger partial charge is 0.225 e. The zero-order chi connectivity index (χ0) is 19.4. The van der Waals surface area contributed by atoms with Crippen molar-refractivity contribution in [2.24, 2.45) is 5.92 Å². The third kappa shape index (κ3) is 4.19. The molecule has 0 spiro atoms. The van der Waals surface area contributed by atoms with E-state index in [9.17, 15) is 4.79 Å². The number of likely N-dealkylation sites (tertiary alicyclic amines) is 1. The number of carbonyl (C=O) groups excluding carboxylic acids is 1. The molecule has 1 heterocycles. The molecule has 0 saturated carbocycles. The van der Waals surface area contributed by atoms with Crippen molar-refractivity contribution in [2.45, 2.75) is 39.3 Å². The summed E-state index contributed by atoms with van der Waals surface area (Å²) in [6, 6.07) is 10.4. The summed E-state index contributed by atoms with van der Waals surface area (Å²) in [5, 5.41) is 5.79. The first-order valence-corrected chi connectivity index (χ1v) is 9.70. The molecule has 2 aromatic rings. The Kier molecular flexibility index (Phi) is 6.22. The number of hydrogen-bond acceptors (Lipinski definition) is 4. The maximum absolute atomic E-state index is 12.3. The van der Waals surface area contributed by atoms with Gasteiger partial charge in [-0.3, -0.25) is 4.79 Å². The molecule has 1 atom stereocenters. The van der Waals surface area contributed by atoms with Crippen LogP contribution in [0.25, 0.3) is 10.8 Å². The van der Waals surface area contributed by atoms with Gasteiger partial charge in [0.05, 0.1) is 14.2 Å². The van der Waals surface area contributed by atoms with Crippen LogP contribution in [0.2, 0.25) is 0 Å². The van der Waals surface area contributed by atoms with Crippen molar-refractivity contribution in [3.8, 4) is 11.5 Å². The summed E-state index contributed by atoms with van der Waals surface area (Å²) < 4.78 is 11.1. The number of nitrogens with zero attached hydrogens (tertiary/aromatic N) is 1. The maximum atomic E-state index is 12.3. The highest BCUT2D eigenvalue weighted by molar-refractivity contribution is 5.95. The fraction of sp³-hybridized carbons (Fsp3) is 0.500. The molecule has 0 radical (unpaired) electrons. The minimum absolute atomic E-state index is 0.0542. The number of benzene rings is 2. The normalized spacial score (nSPS) is 17.4. The first-order valence-electron chi connectivity index (χ1n) is 9.70. The first-order chi connectivity index (χ1) is 13.0. The van der Waals surface area contributed by atoms with E-state index in [1.807, 2.05) is 36.9 Å². The molecule has 1 aliphatic heterocycles. The minimum atomic E-state index is 0.0542. The average Bonchev–Trinajstić information content (AvgIpc) is 2.70. The van der Waals surface area contributed by atoms with Crippen LogP contribution < -0.4 is 14.8 Å². The van der Waals surface area contributed by atoms with Crippen LogP contribution >= 0.6 is 0 Å². The molecule has 1 fully saturated rings. The van der Waals surface area contributed by atoms with Crippen molar-refractivity contribution in [1.82, 2.24) is 10.2 Å². The minimum Gasteiger partial charge on any atom is -0.496 e. The Morgan fingerprint density at radius 1 is 1.19 bits per heavy atom. The lowest BCUT2D eigenvalue weighted by molar-refractivity contribution is -0.135. The number of hydrogen-bond donors (Lipinski definition) is 1. The van der Waals surface area contributed by atoms with Crippen molar-refractivity contribution in [2.75, 3.05) is 27.3 Å². The van der Waals surface area contributed by atoms with Crippen molar-refractivity contribution in [3.63, 3.8) is 0 Å². The highest BCUT2D eigenvalue weighted by Gasteiger charge is 2.25. The lowest BCUT2D eigenvalue weighted by Crippen LogP contribution is -2.48. The Morgan fingerprint density at radius 2 is 1.96 bits per heavy atom. The molecular formula is C22H30N2O3. The summed E-state index contributed by atoms with van der Waals surface area (Å²) in [5.41, 5.74) is 1.18. The highest BCUT2D eigenvalue weighted by Crippen LogP contribution is 2.35. The van der Waals surface area contributed by atoms with Crippen LogP contribution in [-0.2, 0) is 11.3 Å². The predicted molar refractivity (Wildman–Crippen MR) is 108 cm³/mol. The Bertz CT molecular complexity index is 803. The lowest BCUT2D eigenvalue weighted by atomic mass is 10.0. The molecule has 1 unspecified atom stereocenters. The van der Waals surface area contributed by atoms with Gasteiger partial charge in [0, 0.05) is 42.4 Å². The Balaban J connectivity index is 1.78. The van der Waals surface area contributed by atoms with Gasteiger partial charge in [-0.1, -0.05) is 32.0 Å². The fourth-order valence-corrected chi connectivity index (χ4v) is 3.88. The lowest BCUT2D eigenvalue weighted by Gasteiger charge is -2.34. The molecule has 1 aliphatic rings. The van der Waals surface area contributed by atoms with Gasteiger partial charge in [0.25, 0.3) is 0 Å². The van der Waals surface area contributed by atoms with Gasteiger partial charge in [0.15, 0.2) is 0 Å². The first kappa shape index (κ1) is 19.5. The molecule has 1 amide bonds. The molecule has 3 rings (SSSR count). The molecule has 1 N–H and O–H groups in total. The highest BCUT2D eigenvalue weighted by atomic mass is 16.5. The van der Waals surface area contributed by atoms with Crippen LogP contribution in [0.4, 0.5) is 0 Å². The van der Waals surface area contributed by atoms with Crippen LogP contribution in [-0.4, -0.2) is 44.2 Å². The molecule has 5 heteroatoms. The summed E-state index contributed by atoms with van der Waals surface area (Å²) in [4.78, 5) is 14.3. The molecule has 5 nitrogen and oxygen atoms in total. The van der Waals surface area contributed by atoms with Crippen molar-refractivity contribution in [3.05, 3.63) is 35.9 Å². The largest absolute Gasteiger partial charge is 0.496 e. The van der Waals surface area contributed by atoms with E-state index in [-0.39, 0.29) is 11.8 Å². The number of methoxy groups -OCH3 is 2. The number of nitrogens with one attached hydrogen (secondary N) is 1. The molecule has 2 aromatic carbocycles. The van der Waals surface area contributed by atoms with E-state index in [2.05, 4.69) is 17.4 Å². The third-order valence-electron chi connectivity index (χ3n) is 5.30. The van der Waals surface area contributed by atoms with Crippen LogP contribution in [0, 0.1) is 5.92 Å². The number of amides is 1. The van der Waals surface area contributed by atoms with Gasteiger partial charge < -0.3 is 19.7 Å². The number of rotatable bonds is 6. The second-order valence-corrected chi connectivity index (χ2v) is 7.47. The predicted octanol–water partition coefficient (Wildman–Crippen LogP) is 3.59. The summed E-state index contributed by atoms with van der Waals surface area (Å²) in [6.45, 7) is 6.32. The Labute approximate surface area is 161 Å². The van der Waals surface area contributed by atoms with E-state index in [1.54, 1.807) is 14.2 Å². The molecule has 0 aromatic heterocycles. The van der Waals surface area contributed by atoms with Gasteiger partial charge in [-0.25, -0.2) is 0 Å². The second kappa shape index (κ2) is 8.61. The van der Waals surface area contributed by atoms with E-state index in [1.165, 1.54) is 5.56 Å². The number of fused-ring (bicyclic) bond motifs is 1. The van der Waals surface area contributed by atoms with Crippen molar-refractivity contribution in [1.29, 1.82) is 0 Å². The molecule has 27 heavy (non-hydrogen) atoms. The number of ether oxygens (including phenoxy) is 2. The number of piperidine rings is 1. The molecular weight excluding hydrogens is 340 g/mol. The number of carbonyl (C=O) groups is 1. The van der Waals surface area contributed by atoms with E-state index in [0.717, 1.165) is 54.7 Å². The Hall–Kier alpha value is -2.27. The fourth-order valence-electron chi connectivity index (χ4n) is 3.88. The van der Waals surface area contributed by atoms with Crippen LogP contribution in [0.15, 0.2) is 30.3 Å². The van der Waals surface area contributed by atoms with E-state index in [0.29, 0.717) is 6.04 Å². The summed E-state index contributed by atoms with van der Waals surface area (Å²) in [6.07, 6.45) is 2.13. The van der Waals surface area contributed by atoms with Crippen LogP contribution in [0.1, 0.15) is 32.3 Å². The van der Waals surface area contributed by atoms with Crippen LogP contribution in [0.3, 0.4) is 0 Å². The van der Waals surface area contributed by atoms with Gasteiger partial charge >= 0.3 is 0 Å².